The second kappa shape index (κ2) is 5.88. The van der Waals surface area contributed by atoms with Crippen molar-refractivity contribution in [2.45, 2.75) is 26.3 Å². The summed E-state index contributed by atoms with van der Waals surface area (Å²) in [5.41, 5.74) is 7.19. The van der Waals surface area contributed by atoms with Gasteiger partial charge >= 0.3 is 0 Å². The molecule has 0 unspecified atom stereocenters. The zero-order valence-corrected chi connectivity index (χ0v) is 11.9. The Morgan fingerprint density at radius 3 is 2.58 bits per heavy atom. The van der Waals surface area contributed by atoms with E-state index >= 15 is 0 Å². The summed E-state index contributed by atoms with van der Waals surface area (Å²) in [6.45, 7) is 4.86. The fourth-order valence-electron chi connectivity index (χ4n) is 1.81. The normalized spacial score (nSPS) is 10.9. The second-order valence-electron chi connectivity index (χ2n) is 4.60. The van der Waals surface area contributed by atoms with Gasteiger partial charge in [-0.05, 0) is 26.0 Å². The Hall–Kier alpha value is -1.82. The van der Waals surface area contributed by atoms with Crippen LogP contribution >= 0.6 is 12.2 Å². The van der Waals surface area contributed by atoms with Gasteiger partial charge in [0.15, 0.2) is 0 Å². The number of nitrogens with zero attached hydrogens (tertiary/aromatic N) is 4. The zero-order chi connectivity index (χ0) is 13.8. The van der Waals surface area contributed by atoms with Crippen molar-refractivity contribution < 1.29 is 0 Å². The summed E-state index contributed by atoms with van der Waals surface area (Å²) in [5.74, 6) is 0.616. The fraction of sp³-hybridized carbons (Fsp3) is 0.385. The van der Waals surface area contributed by atoms with Gasteiger partial charge in [-0.2, -0.15) is 0 Å². The summed E-state index contributed by atoms with van der Waals surface area (Å²) < 4.78 is 0. The van der Waals surface area contributed by atoms with Crippen LogP contribution in [-0.4, -0.2) is 32.8 Å². The Kier molecular flexibility index (Phi) is 4.21. The van der Waals surface area contributed by atoms with Crippen molar-refractivity contribution >= 4 is 34.2 Å². The lowest BCUT2D eigenvalue weighted by molar-refractivity contribution is 0.664. The molecule has 0 aliphatic carbocycles. The molecule has 1 aromatic carbocycles. The number of benzene rings is 1. The van der Waals surface area contributed by atoms with Crippen molar-refractivity contribution in [2.24, 2.45) is 5.73 Å². The van der Waals surface area contributed by atoms with Gasteiger partial charge in [-0.25, -0.2) is 4.98 Å². The Morgan fingerprint density at radius 2 is 1.95 bits per heavy atom. The first-order valence-electron chi connectivity index (χ1n) is 6.22. The standard InChI is InChI=1S/C13H17N5S/c1-9(2)18(8-7-12(14)19)13-15-10-5-3-4-6-11(10)16-17-13/h3-6,9H,7-8H2,1-2H3,(H2,14,19). The number of para-hydroxylation sites is 1. The van der Waals surface area contributed by atoms with Gasteiger partial charge in [0.25, 0.3) is 0 Å². The van der Waals surface area contributed by atoms with Crippen molar-refractivity contribution in [2.75, 3.05) is 11.4 Å². The number of rotatable bonds is 5. The van der Waals surface area contributed by atoms with Gasteiger partial charge in [-0.3, -0.25) is 0 Å². The van der Waals surface area contributed by atoms with Gasteiger partial charge < -0.3 is 10.6 Å². The summed E-state index contributed by atoms with van der Waals surface area (Å²) in [6, 6.07) is 7.95. The molecule has 6 heteroatoms. The van der Waals surface area contributed by atoms with E-state index in [1.165, 1.54) is 0 Å². The second-order valence-corrected chi connectivity index (χ2v) is 5.13. The molecule has 19 heavy (non-hydrogen) atoms. The molecule has 5 nitrogen and oxygen atoms in total. The smallest absolute Gasteiger partial charge is 0.246 e. The summed E-state index contributed by atoms with van der Waals surface area (Å²) in [4.78, 5) is 7.10. The molecule has 1 aromatic heterocycles. The molecule has 100 valence electrons. The Bertz CT molecular complexity index is 584. The molecule has 2 N–H and O–H groups in total. The molecule has 0 radical (unpaired) electrons. The van der Waals surface area contributed by atoms with Crippen molar-refractivity contribution in [1.29, 1.82) is 0 Å². The van der Waals surface area contributed by atoms with Crippen LogP contribution < -0.4 is 10.6 Å². The maximum absolute atomic E-state index is 5.56. The summed E-state index contributed by atoms with van der Waals surface area (Å²) in [6.07, 6.45) is 0.643. The third kappa shape index (κ3) is 3.35. The first-order chi connectivity index (χ1) is 9.08. The highest BCUT2D eigenvalue weighted by molar-refractivity contribution is 7.80. The number of hydrogen-bond donors (Lipinski definition) is 1. The van der Waals surface area contributed by atoms with Crippen molar-refractivity contribution in [3.8, 4) is 0 Å². The van der Waals surface area contributed by atoms with E-state index in [4.69, 9.17) is 18.0 Å². The Morgan fingerprint density at radius 1 is 1.26 bits per heavy atom. The predicted molar refractivity (Wildman–Crippen MR) is 81.2 cm³/mol. The largest absolute Gasteiger partial charge is 0.393 e. The van der Waals surface area contributed by atoms with Gasteiger partial charge in [0.2, 0.25) is 5.95 Å². The molecular weight excluding hydrogens is 258 g/mol. The highest BCUT2D eigenvalue weighted by atomic mass is 32.1. The van der Waals surface area contributed by atoms with Gasteiger partial charge in [0.1, 0.15) is 5.52 Å². The lowest BCUT2D eigenvalue weighted by Crippen LogP contribution is -2.35. The van der Waals surface area contributed by atoms with Gasteiger partial charge in [-0.15, -0.1) is 10.2 Å². The lowest BCUT2D eigenvalue weighted by atomic mass is 10.3. The molecule has 0 fully saturated rings. The van der Waals surface area contributed by atoms with Crippen LogP contribution in [0.1, 0.15) is 20.3 Å². The highest BCUT2D eigenvalue weighted by Crippen LogP contribution is 2.15. The third-order valence-electron chi connectivity index (χ3n) is 2.83. The molecule has 0 saturated heterocycles. The SMILES string of the molecule is CC(C)N(CCC(N)=S)c1nnc2ccccc2n1. The number of anilines is 1. The quantitative estimate of drug-likeness (QED) is 0.841. The maximum Gasteiger partial charge on any atom is 0.246 e. The van der Waals surface area contributed by atoms with E-state index in [1.807, 2.05) is 24.3 Å². The van der Waals surface area contributed by atoms with Gasteiger partial charge in [0.05, 0.1) is 10.5 Å². The lowest BCUT2D eigenvalue weighted by Gasteiger charge is -2.26. The van der Waals surface area contributed by atoms with Gasteiger partial charge in [-0.1, -0.05) is 24.4 Å². The average Bonchev–Trinajstić information content (AvgIpc) is 2.38. The maximum atomic E-state index is 5.56. The minimum absolute atomic E-state index is 0.261. The van der Waals surface area contributed by atoms with E-state index < -0.39 is 0 Å². The highest BCUT2D eigenvalue weighted by Gasteiger charge is 2.14. The molecule has 2 aromatic rings. The monoisotopic (exact) mass is 275 g/mol. The van der Waals surface area contributed by atoms with Crippen LogP contribution in [0.5, 0.6) is 0 Å². The van der Waals surface area contributed by atoms with Crippen LogP contribution in [0.4, 0.5) is 5.95 Å². The van der Waals surface area contributed by atoms with E-state index in [1.54, 1.807) is 0 Å². The third-order valence-corrected chi connectivity index (χ3v) is 3.03. The van der Waals surface area contributed by atoms with Crippen molar-refractivity contribution in [1.82, 2.24) is 15.2 Å². The molecule has 2 rings (SSSR count). The summed E-state index contributed by atoms with van der Waals surface area (Å²) in [7, 11) is 0. The first-order valence-corrected chi connectivity index (χ1v) is 6.63. The molecular formula is C13H17N5S. The van der Waals surface area contributed by atoms with E-state index in [0.717, 1.165) is 11.0 Å². The number of thiocarbonyl (C=S) groups is 1. The number of hydrogen-bond acceptors (Lipinski definition) is 5. The van der Waals surface area contributed by atoms with Crippen LogP contribution in [-0.2, 0) is 0 Å². The van der Waals surface area contributed by atoms with E-state index in [0.29, 0.717) is 23.9 Å². The number of nitrogens with two attached hydrogens (primary N) is 1. The van der Waals surface area contributed by atoms with Crippen molar-refractivity contribution in [3.05, 3.63) is 24.3 Å². The van der Waals surface area contributed by atoms with Crippen molar-refractivity contribution in [3.63, 3.8) is 0 Å². The molecule has 0 spiro atoms. The summed E-state index contributed by atoms with van der Waals surface area (Å²) >= 11 is 4.92. The molecule has 0 amide bonds. The Balaban J connectivity index is 2.30. The summed E-state index contributed by atoms with van der Waals surface area (Å²) in [5, 5.41) is 8.38. The minimum Gasteiger partial charge on any atom is -0.393 e. The average molecular weight is 275 g/mol. The molecule has 0 atom stereocenters. The van der Waals surface area contributed by atoms with E-state index in [2.05, 4.69) is 33.9 Å². The van der Waals surface area contributed by atoms with E-state index in [-0.39, 0.29) is 6.04 Å². The number of aromatic nitrogens is 3. The minimum atomic E-state index is 0.261. The number of fused-ring (bicyclic) bond motifs is 1. The van der Waals surface area contributed by atoms with Gasteiger partial charge in [0, 0.05) is 19.0 Å². The van der Waals surface area contributed by atoms with Crippen LogP contribution in [0.2, 0.25) is 0 Å². The Labute approximate surface area is 117 Å². The molecule has 1 heterocycles. The molecule has 0 saturated carbocycles. The molecule has 0 bridgehead atoms. The first kappa shape index (κ1) is 13.6. The topological polar surface area (TPSA) is 67.9 Å². The zero-order valence-electron chi connectivity index (χ0n) is 11.1. The molecule has 0 aliphatic rings. The van der Waals surface area contributed by atoms with Crippen LogP contribution in [0.3, 0.4) is 0 Å². The fourth-order valence-corrected chi connectivity index (χ4v) is 1.90. The van der Waals surface area contributed by atoms with Crippen LogP contribution in [0.25, 0.3) is 11.0 Å². The molecule has 0 aliphatic heterocycles. The van der Waals surface area contributed by atoms with E-state index in [9.17, 15) is 0 Å². The van der Waals surface area contributed by atoms with Crippen LogP contribution in [0.15, 0.2) is 24.3 Å². The predicted octanol–water partition coefficient (Wildman–Crippen LogP) is 1.92. The van der Waals surface area contributed by atoms with Crippen LogP contribution in [0, 0.1) is 0 Å².